The van der Waals surface area contributed by atoms with Gasteiger partial charge in [0.05, 0.1) is 12.3 Å². The smallest absolute Gasteiger partial charge is 0.225 e. The van der Waals surface area contributed by atoms with Crippen LogP contribution in [-0.4, -0.2) is 35.7 Å². The average Bonchev–Trinajstić information content (AvgIpc) is 3.27. The van der Waals surface area contributed by atoms with E-state index in [0.717, 1.165) is 43.5 Å². The van der Waals surface area contributed by atoms with Gasteiger partial charge in [0.15, 0.2) is 6.10 Å². The lowest BCUT2D eigenvalue weighted by atomic mass is 10.0. The Morgan fingerprint density at radius 3 is 2.73 bits per heavy atom. The first-order chi connectivity index (χ1) is 10.7. The van der Waals surface area contributed by atoms with E-state index in [2.05, 4.69) is 12.1 Å². The van der Waals surface area contributed by atoms with Crippen molar-refractivity contribution in [2.45, 2.75) is 38.7 Å². The highest BCUT2D eigenvalue weighted by Gasteiger charge is 2.35. The quantitative estimate of drug-likeness (QED) is 0.805. The summed E-state index contributed by atoms with van der Waals surface area (Å²) in [5, 5.41) is 4.90. The van der Waals surface area contributed by atoms with E-state index in [1.165, 1.54) is 0 Å². The standard InChI is InChI=1S/C17H21ClN2O2/c1-2-9-20(17(21)13-3-4-13)11-15-10-16(19-22-15)12-5-7-14(18)8-6-12/h5-8,13,15H,2-4,9-11H2,1H3/t15-/m0/s1. The summed E-state index contributed by atoms with van der Waals surface area (Å²) in [6, 6.07) is 7.61. The van der Waals surface area contributed by atoms with Crippen LogP contribution in [0.1, 0.15) is 38.2 Å². The molecule has 0 radical (unpaired) electrons. The molecule has 1 aromatic rings. The van der Waals surface area contributed by atoms with E-state index in [1.807, 2.05) is 29.2 Å². The molecule has 1 aliphatic carbocycles. The van der Waals surface area contributed by atoms with Crippen LogP contribution in [0.25, 0.3) is 0 Å². The molecule has 0 unspecified atom stereocenters. The first-order valence-electron chi connectivity index (χ1n) is 7.94. The van der Waals surface area contributed by atoms with Gasteiger partial charge in [-0.3, -0.25) is 4.79 Å². The molecule has 1 saturated carbocycles. The number of carbonyl (C=O) groups is 1. The Balaban J connectivity index is 1.58. The minimum absolute atomic E-state index is 0.0417. The highest BCUT2D eigenvalue weighted by molar-refractivity contribution is 6.30. The molecule has 1 atom stereocenters. The molecule has 0 bridgehead atoms. The lowest BCUT2D eigenvalue weighted by Gasteiger charge is -2.24. The SMILES string of the molecule is CCCN(C[C@@H]1CC(c2ccc(Cl)cc2)=NO1)C(=O)C1CC1. The van der Waals surface area contributed by atoms with Crippen molar-refractivity contribution in [1.29, 1.82) is 0 Å². The van der Waals surface area contributed by atoms with Gasteiger partial charge in [-0.25, -0.2) is 0 Å². The van der Waals surface area contributed by atoms with Crippen LogP contribution in [0.15, 0.2) is 29.4 Å². The zero-order valence-electron chi connectivity index (χ0n) is 12.8. The van der Waals surface area contributed by atoms with Gasteiger partial charge < -0.3 is 9.74 Å². The van der Waals surface area contributed by atoms with E-state index < -0.39 is 0 Å². The maximum Gasteiger partial charge on any atom is 0.225 e. The third-order valence-electron chi connectivity index (χ3n) is 4.07. The van der Waals surface area contributed by atoms with Crippen LogP contribution < -0.4 is 0 Å². The Bertz CT molecular complexity index is 567. The minimum atomic E-state index is -0.0417. The summed E-state index contributed by atoms with van der Waals surface area (Å²) < 4.78 is 0. The maximum absolute atomic E-state index is 12.3. The van der Waals surface area contributed by atoms with Crippen LogP contribution in [0, 0.1) is 5.92 Å². The van der Waals surface area contributed by atoms with Crippen LogP contribution in [0.2, 0.25) is 5.02 Å². The third-order valence-corrected chi connectivity index (χ3v) is 4.32. The number of rotatable bonds is 6. The molecule has 22 heavy (non-hydrogen) atoms. The van der Waals surface area contributed by atoms with Gasteiger partial charge in [-0.15, -0.1) is 0 Å². The predicted octanol–water partition coefficient (Wildman–Crippen LogP) is 3.48. The number of amides is 1. The van der Waals surface area contributed by atoms with Crippen LogP contribution in [0.4, 0.5) is 0 Å². The molecule has 3 rings (SSSR count). The van der Waals surface area contributed by atoms with E-state index in [9.17, 15) is 4.79 Å². The second-order valence-corrected chi connectivity index (χ2v) is 6.47. The Labute approximate surface area is 136 Å². The zero-order valence-corrected chi connectivity index (χ0v) is 13.6. The van der Waals surface area contributed by atoms with Gasteiger partial charge in [-0.05, 0) is 37.0 Å². The van der Waals surface area contributed by atoms with Crippen molar-refractivity contribution >= 4 is 23.2 Å². The first kappa shape index (κ1) is 15.3. The predicted molar refractivity (Wildman–Crippen MR) is 87.1 cm³/mol. The summed E-state index contributed by atoms with van der Waals surface area (Å²) in [6.45, 7) is 3.52. The number of nitrogens with zero attached hydrogens (tertiary/aromatic N) is 2. The molecule has 1 heterocycles. The van der Waals surface area contributed by atoms with Crippen LogP contribution in [0.5, 0.6) is 0 Å². The van der Waals surface area contributed by atoms with Gasteiger partial charge in [0.25, 0.3) is 0 Å². The Kier molecular flexibility index (Phi) is 4.67. The van der Waals surface area contributed by atoms with Crippen molar-refractivity contribution in [3.8, 4) is 0 Å². The van der Waals surface area contributed by atoms with Crippen molar-refractivity contribution in [1.82, 2.24) is 4.90 Å². The van der Waals surface area contributed by atoms with E-state index >= 15 is 0 Å². The second kappa shape index (κ2) is 6.69. The van der Waals surface area contributed by atoms with Crippen molar-refractivity contribution in [3.63, 3.8) is 0 Å². The number of benzene rings is 1. The van der Waals surface area contributed by atoms with Gasteiger partial charge >= 0.3 is 0 Å². The number of oxime groups is 1. The Morgan fingerprint density at radius 1 is 1.36 bits per heavy atom. The molecule has 2 aliphatic rings. The molecule has 5 heteroatoms. The van der Waals surface area contributed by atoms with Crippen molar-refractivity contribution in [3.05, 3.63) is 34.9 Å². The fourth-order valence-corrected chi connectivity index (χ4v) is 2.86. The van der Waals surface area contributed by atoms with Crippen LogP contribution in [-0.2, 0) is 9.63 Å². The molecule has 0 saturated heterocycles. The average molecular weight is 321 g/mol. The Morgan fingerprint density at radius 2 is 2.09 bits per heavy atom. The largest absolute Gasteiger partial charge is 0.390 e. The molecule has 0 N–H and O–H groups in total. The third kappa shape index (κ3) is 3.61. The van der Waals surface area contributed by atoms with Crippen molar-refractivity contribution in [2.24, 2.45) is 11.1 Å². The number of carbonyl (C=O) groups excluding carboxylic acids is 1. The van der Waals surface area contributed by atoms with Crippen molar-refractivity contribution in [2.75, 3.05) is 13.1 Å². The maximum atomic E-state index is 12.3. The van der Waals surface area contributed by atoms with Gasteiger partial charge in [0.2, 0.25) is 5.91 Å². The van der Waals surface area contributed by atoms with E-state index in [-0.39, 0.29) is 17.9 Å². The molecule has 118 valence electrons. The van der Waals surface area contributed by atoms with E-state index in [0.29, 0.717) is 11.6 Å². The molecule has 0 spiro atoms. The lowest BCUT2D eigenvalue weighted by Crippen LogP contribution is -2.39. The highest BCUT2D eigenvalue weighted by Crippen LogP contribution is 2.31. The zero-order chi connectivity index (χ0) is 15.5. The summed E-state index contributed by atoms with van der Waals surface area (Å²) in [4.78, 5) is 19.8. The summed E-state index contributed by atoms with van der Waals surface area (Å²) in [7, 11) is 0. The molecule has 1 aromatic carbocycles. The minimum Gasteiger partial charge on any atom is -0.390 e. The van der Waals surface area contributed by atoms with Gasteiger partial charge in [0.1, 0.15) is 0 Å². The summed E-state index contributed by atoms with van der Waals surface area (Å²) in [5.41, 5.74) is 1.96. The van der Waals surface area contributed by atoms with Gasteiger partial charge in [0, 0.05) is 23.9 Å². The molecule has 1 amide bonds. The van der Waals surface area contributed by atoms with Crippen LogP contribution >= 0.6 is 11.6 Å². The molecule has 1 fully saturated rings. The second-order valence-electron chi connectivity index (χ2n) is 6.03. The molecule has 1 aliphatic heterocycles. The summed E-state index contributed by atoms with van der Waals surface area (Å²) >= 11 is 5.91. The fourth-order valence-electron chi connectivity index (χ4n) is 2.73. The normalized spacial score (nSPS) is 20.5. The summed E-state index contributed by atoms with van der Waals surface area (Å²) in [5.74, 6) is 0.537. The summed E-state index contributed by atoms with van der Waals surface area (Å²) in [6.07, 6.45) is 3.74. The molecule has 4 nitrogen and oxygen atoms in total. The topological polar surface area (TPSA) is 41.9 Å². The van der Waals surface area contributed by atoms with Gasteiger partial charge in [-0.1, -0.05) is 35.8 Å². The Hall–Kier alpha value is -1.55. The van der Waals surface area contributed by atoms with E-state index in [4.69, 9.17) is 16.4 Å². The number of hydrogen-bond donors (Lipinski definition) is 0. The first-order valence-corrected chi connectivity index (χ1v) is 8.32. The molecule has 0 aromatic heterocycles. The fraction of sp³-hybridized carbons (Fsp3) is 0.529. The van der Waals surface area contributed by atoms with Crippen molar-refractivity contribution < 1.29 is 9.63 Å². The monoisotopic (exact) mass is 320 g/mol. The molecular formula is C17H21ClN2O2. The van der Waals surface area contributed by atoms with E-state index in [1.54, 1.807) is 0 Å². The highest BCUT2D eigenvalue weighted by atomic mass is 35.5. The molecular weight excluding hydrogens is 300 g/mol. The lowest BCUT2D eigenvalue weighted by molar-refractivity contribution is -0.134. The van der Waals surface area contributed by atoms with Gasteiger partial charge in [-0.2, -0.15) is 0 Å². The number of hydrogen-bond acceptors (Lipinski definition) is 3. The van der Waals surface area contributed by atoms with Crippen LogP contribution in [0.3, 0.4) is 0 Å². The number of halogens is 1.